The minimum atomic E-state index is 0. The Morgan fingerprint density at radius 1 is 1.17 bits per heavy atom. The zero-order valence-electron chi connectivity index (χ0n) is 14.7. The number of hydrogen-bond acceptors (Lipinski definition) is 4. The highest BCUT2D eigenvalue weighted by Gasteiger charge is 2.06. The van der Waals surface area contributed by atoms with E-state index in [2.05, 4.69) is 45.7 Å². The maximum absolute atomic E-state index is 4.42. The van der Waals surface area contributed by atoms with Crippen LogP contribution in [0.3, 0.4) is 0 Å². The zero-order chi connectivity index (χ0) is 16.7. The third-order valence-corrected chi connectivity index (χ3v) is 4.69. The number of pyridine rings is 1. The molecule has 0 spiro atoms. The number of aryl methyl sites for hydroxylation is 1. The summed E-state index contributed by atoms with van der Waals surface area (Å²) in [6, 6.07) is 8.40. The molecule has 2 rings (SSSR count). The van der Waals surface area contributed by atoms with Crippen LogP contribution in [0.4, 0.5) is 5.82 Å². The van der Waals surface area contributed by atoms with Gasteiger partial charge in [0.05, 0.1) is 6.54 Å². The summed E-state index contributed by atoms with van der Waals surface area (Å²) < 4.78 is 0. The number of halogens is 1. The van der Waals surface area contributed by atoms with Crippen molar-refractivity contribution in [3.63, 3.8) is 0 Å². The molecule has 132 valence electrons. The van der Waals surface area contributed by atoms with E-state index in [0.29, 0.717) is 6.54 Å². The molecule has 0 aliphatic rings. The molecule has 2 aromatic rings. The zero-order valence-corrected chi connectivity index (χ0v) is 17.8. The average Bonchev–Trinajstić information content (AvgIpc) is 3.03. The molecule has 5 nitrogen and oxygen atoms in total. The molecule has 0 saturated heterocycles. The molecule has 0 amide bonds. The van der Waals surface area contributed by atoms with Gasteiger partial charge >= 0.3 is 0 Å². The van der Waals surface area contributed by atoms with Crippen LogP contribution in [0.2, 0.25) is 0 Å². The summed E-state index contributed by atoms with van der Waals surface area (Å²) in [7, 11) is 5.79. The second-order valence-electron chi connectivity index (χ2n) is 5.38. The number of aromatic nitrogens is 1. The Morgan fingerprint density at radius 3 is 2.50 bits per heavy atom. The Kier molecular flexibility index (Phi) is 9.05. The van der Waals surface area contributed by atoms with Gasteiger partial charge in [-0.3, -0.25) is 4.99 Å². The molecule has 0 unspecified atom stereocenters. The summed E-state index contributed by atoms with van der Waals surface area (Å²) in [4.78, 5) is 13.5. The van der Waals surface area contributed by atoms with Gasteiger partial charge in [0, 0.05) is 49.2 Å². The predicted molar refractivity (Wildman–Crippen MR) is 115 cm³/mol. The van der Waals surface area contributed by atoms with E-state index in [1.54, 1.807) is 7.05 Å². The Hall–Kier alpha value is -1.35. The molecule has 7 heteroatoms. The first-order chi connectivity index (χ1) is 11.1. The lowest BCUT2D eigenvalue weighted by atomic mass is 10.2. The number of aliphatic imine (C=N–C) groups is 1. The molecule has 0 atom stereocenters. The first-order valence-corrected chi connectivity index (χ1v) is 8.59. The lowest BCUT2D eigenvalue weighted by molar-refractivity contribution is 0.810. The predicted octanol–water partition coefficient (Wildman–Crippen LogP) is 3.25. The van der Waals surface area contributed by atoms with Crippen LogP contribution < -0.4 is 15.5 Å². The van der Waals surface area contributed by atoms with E-state index in [-0.39, 0.29) is 24.0 Å². The molecule has 24 heavy (non-hydrogen) atoms. The number of guanidine groups is 1. The Balaban J connectivity index is 0.00000288. The standard InChI is InChI=1S/C17H25N5S.HI/c1-5-14-8-9-15(23-14)12-21-17(18-2)20-11-13-7-6-10-19-16(13)22(3)4;/h6-10H,5,11-12H2,1-4H3,(H2,18,20,21);1H. The van der Waals surface area contributed by atoms with E-state index in [0.717, 1.165) is 30.3 Å². The summed E-state index contributed by atoms with van der Waals surface area (Å²) >= 11 is 1.84. The van der Waals surface area contributed by atoms with Gasteiger partial charge in [0.15, 0.2) is 5.96 Å². The van der Waals surface area contributed by atoms with Crippen LogP contribution in [0.25, 0.3) is 0 Å². The first kappa shape index (κ1) is 20.7. The smallest absolute Gasteiger partial charge is 0.191 e. The van der Waals surface area contributed by atoms with E-state index in [1.165, 1.54) is 9.75 Å². The highest BCUT2D eigenvalue weighted by atomic mass is 127. The third-order valence-electron chi connectivity index (χ3n) is 3.46. The second-order valence-corrected chi connectivity index (χ2v) is 6.63. The van der Waals surface area contributed by atoms with E-state index in [9.17, 15) is 0 Å². The fourth-order valence-corrected chi connectivity index (χ4v) is 3.15. The first-order valence-electron chi connectivity index (χ1n) is 7.77. The van der Waals surface area contributed by atoms with Crippen molar-refractivity contribution in [1.82, 2.24) is 15.6 Å². The normalized spacial score (nSPS) is 10.9. The average molecular weight is 459 g/mol. The van der Waals surface area contributed by atoms with Gasteiger partial charge in [0.25, 0.3) is 0 Å². The fourth-order valence-electron chi connectivity index (χ4n) is 2.25. The van der Waals surface area contributed by atoms with Crippen molar-refractivity contribution in [1.29, 1.82) is 0 Å². The van der Waals surface area contributed by atoms with Gasteiger partial charge < -0.3 is 15.5 Å². The van der Waals surface area contributed by atoms with Crippen molar-refractivity contribution in [2.24, 2.45) is 4.99 Å². The van der Waals surface area contributed by atoms with Gasteiger partial charge in [-0.05, 0) is 24.6 Å². The van der Waals surface area contributed by atoms with Crippen molar-refractivity contribution in [2.75, 3.05) is 26.0 Å². The monoisotopic (exact) mass is 459 g/mol. The molecule has 0 fully saturated rings. The highest BCUT2D eigenvalue weighted by Crippen LogP contribution is 2.16. The summed E-state index contributed by atoms with van der Waals surface area (Å²) in [5, 5.41) is 6.71. The lowest BCUT2D eigenvalue weighted by Gasteiger charge is -2.17. The van der Waals surface area contributed by atoms with Gasteiger partial charge in [-0.1, -0.05) is 13.0 Å². The van der Waals surface area contributed by atoms with Crippen LogP contribution in [0.15, 0.2) is 35.5 Å². The molecule has 0 radical (unpaired) electrons. The molecule has 0 aromatic carbocycles. The van der Waals surface area contributed by atoms with Crippen LogP contribution in [0, 0.1) is 0 Å². The van der Waals surface area contributed by atoms with Crippen molar-refractivity contribution in [3.8, 4) is 0 Å². The van der Waals surface area contributed by atoms with Gasteiger partial charge in [-0.2, -0.15) is 0 Å². The van der Waals surface area contributed by atoms with Crippen molar-refractivity contribution < 1.29 is 0 Å². The van der Waals surface area contributed by atoms with Crippen LogP contribution >= 0.6 is 35.3 Å². The van der Waals surface area contributed by atoms with Crippen LogP contribution in [-0.4, -0.2) is 32.1 Å². The molecule has 2 aromatic heterocycles. The van der Waals surface area contributed by atoms with E-state index < -0.39 is 0 Å². The van der Waals surface area contributed by atoms with Crippen LogP contribution in [0.1, 0.15) is 22.2 Å². The Labute approximate surface area is 165 Å². The molecule has 2 heterocycles. The minimum absolute atomic E-state index is 0. The number of nitrogens with one attached hydrogen (secondary N) is 2. The number of hydrogen-bond donors (Lipinski definition) is 2. The van der Waals surface area contributed by atoms with Crippen molar-refractivity contribution >= 4 is 47.1 Å². The van der Waals surface area contributed by atoms with Crippen LogP contribution in [-0.2, 0) is 19.5 Å². The largest absolute Gasteiger partial charge is 0.362 e. The molecule has 2 N–H and O–H groups in total. The second kappa shape index (κ2) is 10.5. The molecular weight excluding hydrogens is 433 g/mol. The summed E-state index contributed by atoms with van der Waals surface area (Å²) in [5.41, 5.74) is 1.14. The van der Waals surface area contributed by atoms with Crippen molar-refractivity contribution in [2.45, 2.75) is 26.4 Å². The maximum atomic E-state index is 4.42. The minimum Gasteiger partial charge on any atom is -0.362 e. The topological polar surface area (TPSA) is 52.6 Å². The SMILES string of the molecule is CCc1ccc(CNC(=NC)NCc2cccnc2N(C)C)s1.I. The van der Waals surface area contributed by atoms with Gasteiger partial charge in [0.2, 0.25) is 0 Å². The molecule has 0 saturated carbocycles. The summed E-state index contributed by atoms with van der Waals surface area (Å²) in [6.45, 7) is 3.66. The number of rotatable bonds is 6. The molecule has 0 aliphatic heterocycles. The number of anilines is 1. The van der Waals surface area contributed by atoms with E-state index in [1.807, 2.05) is 42.6 Å². The van der Waals surface area contributed by atoms with E-state index in [4.69, 9.17) is 0 Å². The van der Waals surface area contributed by atoms with E-state index >= 15 is 0 Å². The quantitative estimate of drug-likeness (QED) is 0.396. The fraction of sp³-hybridized carbons (Fsp3) is 0.412. The Bertz CT molecular complexity index is 654. The summed E-state index contributed by atoms with van der Waals surface area (Å²) in [5.74, 6) is 1.77. The maximum Gasteiger partial charge on any atom is 0.191 e. The van der Waals surface area contributed by atoms with Gasteiger partial charge in [-0.15, -0.1) is 35.3 Å². The van der Waals surface area contributed by atoms with Crippen molar-refractivity contribution in [3.05, 3.63) is 45.8 Å². The van der Waals surface area contributed by atoms with Gasteiger partial charge in [0.1, 0.15) is 5.82 Å². The number of thiophene rings is 1. The number of nitrogens with zero attached hydrogens (tertiary/aromatic N) is 3. The molecule has 0 bridgehead atoms. The lowest BCUT2D eigenvalue weighted by Crippen LogP contribution is -2.36. The summed E-state index contributed by atoms with van der Waals surface area (Å²) in [6.07, 6.45) is 2.90. The van der Waals surface area contributed by atoms with Crippen LogP contribution in [0.5, 0.6) is 0 Å². The third kappa shape index (κ3) is 5.94. The molecule has 0 aliphatic carbocycles. The Morgan fingerprint density at radius 2 is 1.88 bits per heavy atom. The molecular formula is C17H26IN5S. The highest BCUT2D eigenvalue weighted by molar-refractivity contribution is 14.0. The van der Waals surface area contributed by atoms with Gasteiger partial charge in [-0.25, -0.2) is 4.98 Å².